The minimum atomic E-state index is -0.738. The summed E-state index contributed by atoms with van der Waals surface area (Å²) in [5.41, 5.74) is 1.76. The summed E-state index contributed by atoms with van der Waals surface area (Å²) in [5, 5.41) is 0. The number of ketones is 1. The standard InChI is InChI=1S/C16H13NO5/c1-8-11(15(19)21-2)12(16(20)22-3)13-14(18)9-6-4-5-7-10(9)17(8)13/h4-7H,1-3H3. The average molecular weight is 299 g/mol. The molecule has 112 valence electrons. The van der Waals surface area contributed by atoms with Crippen molar-refractivity contribution in [3.8, 4) is 5.69 Å². The number of methoxy groups -OCH3 is 2. The number of benzene rings is 1. The summed E-state index contributed by atoms with van der Waals surface area (Å²) in [5.74, 6) is -1.72. The SMILES string of the molecule is COC(=O)c1c(C(=O)OC)c2n(c1C)-c1ccccc1C2=O. The Hall–Kier alpha value is -2.89. The minimum Gasteiger partial charge on any atom is -0.465 e. The van der Waals surface area contributed by atoms with Crippen LogP contribution in [0.15, 0.2) is 24.3 Å². The lowest BCUT2D eigenvalue weighted by molar-refractivity contribution is 0.0554. The first kappa shape index (κ1) is 14.1. The van der Waals surface area contributed by atoms with E-state index in [1.165, 1.54) is 14.2 Å². The molecule has 0 unspecified atom stereocenters. The van der Waals surface area contributed by atoms with Crippen LogP contribution in [0.2, 0.25) is 0 Å². The van der Waals surface area contributed by atoms with Gasteiger partial charge in [0.05, 0.1) is 25.5 Å². The number of hydrogen-bond donors (Lipinski definition) is 0. The molecule has 0 atom stereocenters. The molecule has 1 aromatic heterocycles. The Kier molecular flexibility index (Phi) is 3.09. The van der Waals surface area contributed by atoms with Crippen LogP contribution in [-0.4, -0.2) is 36.5 Å². The van der Waals surface area contributed by atoms with Gasteiger partial charge in [0.1, 0.15) is 11.3 Å². The molecule has 2 aromatic rings. The summed E-state index contributed by atoms with van der Waals surface area (Å²) in [4.78, 5) is 36.8. The average Bonchev–Trinajstić information content (AvgIpc) is 3.00. The number of aromatic nitrogens is 1. The molecule has 0 radical (unpaired) electrons. The second-order valence-corrected chi connectivity index (χ2v) is 4.85. The Morgan fingerprint density at radius 3 is 2.23 bits per heavy atom. The molecule has 1 aliphatic heterocycles. The van der Waals surface area contributed by atoms with Crippen LogP contribution >= 0.6 is 0 Å². The van der Waals surface area contributed by atoms with Crippen molar-refractivity contribution in [1.29, 1.82) is 0 Å². The highest BCUT2D eigenvalue weighted by Gasteiger charge is 2.39. The van der Waals surface area contributed by atoms with Crippen LogP contribution in [0.1, 0.15) is 42.5 Å². The maximum atomic E-state index is 12.6. The molecule has 2 heterocycles. The lowest BCUT2D eigenvalue weighted by atomic mass is 10.0. The van der Waals surface area contributed by atoms with E-state index in [1.54, 1.807) is 35.8 Å². The number of nitrogens with zero attached hydrogens (tertiary/aromatic N) is 1. The van der Waals surface area contributed by atoms with Crippen molar-refractivity contribution < 1.29 is 23.9 Å². The highest BCUT2D eigenvalue weighted by Crippen LogP contribution is 2.36. The topological polar surface area (TPSA) is 74.6 Å². The van der Waals surface area contributed by atoms with E-state index in [1.807, 2.05) is 0 Å². The Labute approximate surface area is 126 Å². The third-order valence-corrected chi connectivity index (χ3v) is 3.79. The van der Waals surface area contributed by atoms with Crippen molar-refractivity contribution in [2.75, 3.05) is 14.2 Å². The first-order valence-electron chi connectivity index (χ1n) is 6.59. The number of ether oxygens (including phenoxy) is 2. The van der Waals surface area contributed by atoms with Gasteiger partial charge in [0.25, 0.3) is 0 Å². The highest BCUT2D eigenvalue weighted by molar-refractivity contribution is 6.21. The molecule has 0 saturated carbocycles. The number of para-hydroxylation sites is 1. The molecule has 0 N–H and O–H groups in total. The van der Waals surface area contributed by atoms with Crippen LogP contribution < -0.4 is 0 Å². The van der Waals surface area contributed by atoms with Crippen molar-refractivity contribution >= 4 is 17.7 Å². The number of hydrogen-bond acceptors (Lipinski definition) is 5. The maximum Gasteiger partial charge on any atom is 0.341 e. The van der Waals surface area contributed by atoms with Crippen molar-refractivity contribution in [2.45, 2.75) is 6.92 Å². The van der Waals surface area contributed by atoms with Crippen molar-refractivity contribution in [3.63, 3.8) is 0 Å². The summed E-state index contributed by atoms with van der Waals surface area (Å²) in [7, 11) is 2.43. The van der Waals surface area contributed by atoms with E-state index in [0.29, 0.717) is 16.9 Å². The molecule has 0 fully saturated rings. The number of carbonyl (C=O) groups is 3. The zero-order valence-corrected chi connectivity index (χ0v) is 12.3. The second kappa shape index (κ2) is 4.84. The summed E-state index contributed by atoms with van der Waals surface area (Å²) in [6, 6.07) is 6.98. The van der Waals surface area contributed by atoms with Gasteiger partial charge in [-0.3, -0.25) is 4.79 Å². The molecule has 0 spiro atoms. The summed E-state index contributed by atoms with van der Waals surface area (Å²) in [6.07, 6.45) is 0. The lowest BCUT2D eigenvalue weighted by Crippen LogP contribution is -2.14. The summed E-state index contributed by atoms with van der Waals surface area (Å²) < 4.78 is 11.1. The van der Waals surface area contributed by atoms with E-state index in [0.717, 1.165) is 0 Å². The third-order valence-electron chi connectivity index (χ3n) is 3.79. The van der Waals surface area contributed by atoms with Crippen LogP contribution in [0.4, 0.5) is 0 Å². The van der Waals surface area contributed by atoms with Gasteiger partial charge in [-0.1, -0.05) is 12.1 Å². The monoisotopic (exact) mass is 299 g/mol. The number of fused-ring (bicyclic) bond motifs is 3. The first-order chi connectivity index (χ1) is 10.5. The quantitative estimate of drug-likeness (QED) is 0.676. The number of rotatable bonds is 2. The molecule has 22 heavy (non-hydrogen) atoms. The smallest absolute Gasteiger partial charge is 0.341 e. The van der Waals surface area contributed by atoms with Crippen molar-refractivity contribution in [3.05, 3.63) is 52.3 Å². The van der Waals surface area contributed by atoms with Gasteiger partial charge in [0.15, 0.2) is 0 Å². The highest BCUT2D eigenvalue weighted by atomic mass is 16.5. The van der Waals surface area contributed by atoms with Gasteiger partial charge in [0.2, 0.25) is 5.78 Å². The molecule has 6 heteroatoms. The van der Waals surface area contributed by atoms with E-state index < -0.39 is 11.9 Å². The molecule has 0 bridgehead atoms. The normalized spacial score (nSPS) is 11.9. The zero-order chi connectivity index (χ0) is 16.0. The molecular weight excluding hydrogens is 286 g/mol. The molecule has 0 saturated heterocycles. The van der Waals surface area contributed by atoms with Gasteiger partial charge >= 0.3 is 11.9 Å². The number of carbonyl (C=O) groups excluding carboxylic acids is 3. The second-order valence-electron chi connectivity index (χ2n) is 4.85. The Bertz CT molecular complexity index is 831. The van der Waals surface area contributed by atoms with Gasteiger partial charge < -0.3 is 14.0 Å². The first-order valence-corrected chi connectivity index (χ1v) is 6.59. The van der Waals surface area contributed by atoms with E-state index in [4.69, 9.17) is 9.47 Å². The van der Waals surface area contributed by atoms with E-state index in [9.17, 15) is 14.4 Å². The van der Waals surface area contributed by atoms with Gasteiger partial charge in [0, 0.05) is 11.3 Å². The predicted octanol–water partition coefficient (Wildman–Crippen LogP) is 1.90. The molecule has 0 aliphatic carbocycles. The van der Waals surface area contributed by atoms with Crippen LogP contribution in [-0.2, 0) is 9.47 Å². The van der Waals surface area contributed by atoms with Crippen molar-refractivity contribution in [2.24, 2.45) is 0 Å². The van der Waals surface area contributed by atoms with Crippen LogP contribution in [0.3, 0.4) is 0 Å². The van der Waals surface area contributed by atoms with Gasteiger partial charge in [-0.2, -0.15) is 0 Å². The summed E-state index contributed by atoms with van der Waals surface area (Å²) >= 11 is 0. The van der Waals surface area contributed by atoms with Crippen LogP contribution in [0.5, 0.6) is 0 Å². The fourth-order valence-electron chi connectivity index (χ4n) is 2.85. The van der Waals surface area contributed by atoms with Crippen LogP contribution in [0.25, 0.3) is 5.69 Å². The Morgan fingerprint density at radius 2 is 1.59 bits per heavy atom. The van der Waals surface area contributed by atoms with Crippen LogP contribution in [0, 0.1) is 6.92 Å². The Balaban J connectivity index is 2.41. The van der Waals surface area contributed by atoms with E-state index >= 15 is 0 Å². The molecule has 1 aliphatic rings. The zero-order valence-electron chi connectivity index (χ0n) is 12.3. The van der Waals surface area contributed by atoms with Gasteiger partial charge in [-0.25, -0.2) is 9.59 Å². The fourth-order valence-corrected chi connectivity index (χ4v) is 2.85. The third kappa shape index (κ3) is 1.64. The Morgan fingerprint density at radius 1 is 1.00 bits per heavy atom. The van der Waals surface area contributed by atoms with E-state index in [2.05, 4.69) is 0 Å². The molecule has 1 aromatic carbocycles. The van der Waals surface area contributed by atoms with Gasteiger partial charge in [-0.15, -0.1) is 0 Å². The largest absolute Gasteiger partial charge is 0.465 e. The minimum absolute atomic E-state index is 0.0481. The number of esters is 2. The fraction of sp³-hybridized carbons (Fsp3) is 0.188. The molecular formula is C16H13NO5. The van der Waals surface area contributed by atoms with Gasteiger partial charge in [-0.05, 0) is 19.1 Å². The lowest BCUT2D eigenvalue weighted by Gasteiger charge is -2.06. The summed E-state index contributed by atoms with van der Waals surface area (Å²) in [6.45, 7) is 1.66. The van der Waals surface area contributed by atoms with E-state index in [-0.39, 0.29) is 22.6 Å². The maximum absolute atomic E-state index is 12.6. The molecule has 3 rings (SSSR count). The molecule has 6 nitrogen and oxygen atoms in total. The van der Waals surface area contributed by atoms with Crippen molar-refractivity contribution in [1.82, 2.24) is 4.57 Å². The predicted molar refractivity (Wildman–Crippen MR) is 76.6 cm³/mol. The molecule has 0 amide bonds.